The Labute approximate surface area is 177 Å². The normalized spacial score (nSPS) is 16.9. The summed E-state index contributed by atoms with van der Waals surface area (Å²) in [7, 11) is 0. The molecule has 0 radical (unpaired) electrons. The average Bonchev–Trinajstić information content (AvgIpc) is 3.63. The van der Waals surface area contributed by atoms with Crippen molar-refractivity contribution in [2.75, 3.05) is 57.3 Å². The standard InChI is InChI=1S/C20H32N8O2/c1-2-21-19(24-11-10-22-18(30)16-4-5-16)23-9-6-17(29)27-12-14-28(15-13-27)20-25-7-3-8-26-20/h3,7-8,16H,2,4-6,9-15H2,1H3,(H,22,30)(H2,21,23,24). The Balaban J connectivity index is 1.34. The van der Waals surface area contributed by atoms with Crippen molar-refractivity contribution < 1.29 is 9.59 Å². The first-order valence-electron chi connectivity index (χ1n) is 10.8. The van der Waals surface area contributed by atoms with E-state index in [1.54, 1.807) is 18.5 Å². The maximum Gasteiger partial charge on any atom is 0.225 e. The van der Waals surface area contributed by atoms with Crippen molar-refractivity contribution in [3.05, 3.63) is 18.5 Å². The summed E-state index contributed by atoms with van der Waals surface area (Å²) < 4.78 is 0. The predicted octanol–water partition coefficient (Wildman–Crippen LogP) is -0.403. The monoisotopic (exact) mass is 416 g/mol. The molecule has 1 saturated carbocycles. The molecule has 2 fully saturated rings. The van der Waals surface area contributed by atoms with Crippen LogP contribution in [0.5, 0.6) is 0 Å². The summed E-state index contributed by atoms with van der Waals surface area (Å²) >= 11 is 0. The fourth-order valence-corrected chi connectivity index (χ4v) is 3.23. The van der Waals surface area contributed by atoms with Crippen LogP contribution in [-0.4, -0.2) is 85.0 Å². The van der Waals surface area contributed by atoms with E-state index in [0.717, 1.165) is 32.5 Å². The molecule has 164 valence electrons. The SMILES string of the molecule is CCNC(=NCCC(=O)N1CCN(c2ncccn2)CC1)NCCNC(=O)C1CC1. The van der Waals surface area contributed by atoms with Crippen LogP contribution in [0.1, 0.15) is 26.2 Å². The van der Waals surface area contributed by atoms with Gasteiger partial charge in [0.05, 0.1) is 6.54 Å². The van der Waals surface area contributed by atoms with Gasteiger partial charge in [-0.1, -0.05) is 0 Å². The number of nitrogens with one attached hydrogen (secondary N) is 3. The number of piperazine rings is 1. The molecule has 0 unspecified atom stereocenters. The van der Waals surface area contributed by atoms with Crippen LogP contribution in [0, 0.1) is 5.92 Å². The number of rotatable bonds is 9. The minimum absolute atomic E-state index is 0.111. The number of amides is 2. The Hall–Kier alpha value is -2.91. The van der Waals surface area contributed by atoms with Crippen LogP contribution in [0.25, 0.3) is 0 Å². The summed E-state index contributed by atoms with van der Waals surface area (Å²) in [5.74, 6) is 1.85. The quantitative estimate of drug-likeness (QED) is 0.285. The molecular weight excluding hydrogens is 384 g/mol. The van der Waals surface area contributed by atoms with Gasteiger partial charge < -0.3 is 25.8 Å². The van der Waals surface area contributed by atoms with E-state index < -0.39 is 0 Å². The number of carbonyl (C=O) groups is 2. The number of guanidine groups is 1. The molecule has 1 aromatic rings. The van der Waals surface area contributed by atoms with Crippen molar-refractivity contribution in [1.29, 1.82) is 0 Å². The first kappa shape index (κ1) is 21.8. The highest BCUT2D eigenvalue weighted by Gasteiger charge is 2.29. The zero-order chi connectivity index (χ0) is 21.2. The van der Waals surface area contributed by atoms with E-state index in [9.17, 15) is 9.59 Å². The fourth-order valence-electron chi connectivity index (χ4n) is 3.23. The molecule has 2 amide bonds. The van der Waals surface area contributed by atoms with E-state index in [0.29, 0.717) is 51.1 Å². The second-order valence-corrected chi connectivity index (χ2v) is 7.42. The lowest BCUT2D eigenvalue weighted by molar-refractivity contribution is -0.131. The lowest BCUT2D eigenvalue weighted by Crippen LogP contribution is -2.49. The van der Waals surface area contributed by atoms with Gasteiger partial charge in [0.1, 0.15) is 0 Å². The molecule has 1 aromatic heterocycles. The molecule has 3 rings (SSSR count). The average molecular weight is 417 g/mol. The molecule has 30 heavy (non-hydrogen) atoms. The second-order valence-electron chi connectivity index (χ2n) is 7.42. The molecule has 0 aromatic carbocycles. The minimum Gasteiger partial charge on any atom is -0.357 e. The van der Waals surface area contributed by atoms with E-state index >= 15 is 0 Å². The summed E-state index contributed by atoms with van der Waals surface area (Å²) in [6.07, 6.45) is 5.85. The Kier molecular flexibility index (Phi) is 8.22. The number of aliphatic imine (C=N–C) groups is 1. The van der Waals surface area contributed by atoms with Gasteiger partial charge in [0.15, 0.2) is 5.96 Å². The first-order valence-corrected chi connectivity index (χ1v) is 10.8. The number of hydrogen-bond donors (Lipinski definition) is 3. The topological polar surface area (TPSA) is 115 Å². The molecule has 0 spiro atoms. The molecule has 1 aliphatic heterocycles. The molecule has 2 heterocycles. The molecule has 1 aliphatic carbocycles. The van der Waals surface area contributed by atoms with Gasteiger partial charge in [-0.3, -0.25) is 14.6 Å². The van der Waals surface area contributed by atoms with Gasteiger partial charge in [-0.2, -0.15) is 0 Å². The van der Waals surface area contributed by atoms with Crippen LogP contribution in [0.3, 0.4) is 0 Å². The van der Waals surface area contributed by atoms with Gasteiger partial charge in [0.2, 0.25) is 17.8 Å². The van der Waals surface area contributed by atoms with Crippen molar-refractivity contribution in [2.24, 2.45) is 10.9 Å². The lowest BCUT2D eigenvalue weighted by atomic mass is 10.3. The molecule has 1 saturated heterocycles. The molecular formula is C20H32N8O2. The maximum atomic E-state index is 12.5. The van der Waals surface area contributed by atoms with Crippen LogP contribution in [-0.2, 0) is 9.59 Å². The van der Waals surface area contributed by atoms with Crippen LogP contribution in [0.4, 0.5) is 5.95 Å². The molecule has 0 atom stereocenters. The molecule has 0 bridgehead atoms. The Morgan fingerprint density at radius 3 is 2.43 bits per heavy atom. The van der Waals surface area contributed by atoms with E-state index in [-0.39, 0.29) is 17.7 Å². The molecule has 2 aliphatic rings. The second kappa shape index (κ2) is 11.3. The summed E-state index contributed by atoms with van der Waals surface area (Å²) in [4.78, 5) is 41.1. The largest absolute Gasteiger partial charge is 0.357 e. The van der Waals surface area contributed by atoms with E-state index in [1.165, 1.54) is 0 Å². The summed E-state index contributed by atoms with van der Waals surface area (Å²) in [6.45, 7) is 7.11. The van der Waals surface area contributed by atoms with E-state index in [4.69, 9.17) is 0 Å². The number of hydrogen-bond acceptors (Lipinski definition) is 6. The fraction of sp³-hybridized carbons (Fsp3) is 0.650. The predicted molar refractivity (Wildman–Crippen MR) is 115 cm³/mol. The zero-order valence-corrected chi connectivity index (χ0v) is 17.6. The smallest absolute Gasteiger partial charge is 0.225 e. The Bertz CT molecular complexity index is 715. The number of nitrogens with zero attached hydrogens (tertiary/aromatic N) is 5. The Morgan fingerprint density at radius 2 is 1.77 bits per heavy atom. The van der Waals surface area contributed by atoms with Crippen LogP contribution >= 0.6 is 0 Å². The van der Waals surface area contributed by atoms with Crippen molar-refractivity contribution >= 4 is 23.7 Å². The summed E-state index contributed by atoms with van der Waals surface area (Å²) in [5.41, 5.74) is 0. The van der Waals surface area contributed by atoms with Crippen LogP contribution in [0.15, 0.2) is 23.5 Å². The van der Waals surface area contributed by atoms with Crippen molar-refractivity contribution in [1.82, 2.24) is 30.8 Å². The van der Waals surface area contributed by atoms with Crippen LogP contribution in [0.2, 0.25) is 0 Å². The number of carbonyl (C=O) groups excluding carboxylic acids is 2. The highest BCUT2D eigenvalue weighted by molar-refractivity contribution is 5.82. The highest BCUT2D eigenvalue weighted by atomic mass is 16.2. The lowest BCUT2D eigenvalue weighted by Gasteiger charge is -2.34. The summed E-state index contributed by atoms with van der Waals surface area (Å²) in [6, 6.07) is 1.80. The van der Waals surface area contributed by atoms with Gasteiger partial charge in [-0.25, -0.2) is 9.97 Å². The third-order valence-electron chi connectivity index (χ3n) is 5.07. The third kappa shape index (κ3) is 6.85. The van der Waals surface area contributed by atoms with Crippen molar-refractivity contribution in [3.8, 4) is 0 Å². The van der Waals surface area contributed by atoms with Gasteiger partial charge in [0.25, 0.3) is 0 Å². The van der Waals surface area contributed by atoms with Crippen molar-refractivity contribution in [2.45, 2.75) is 26.2 Å². The minimum atomic E-state index is 0.111. The van der Waals surface area contributed by atoms with E-state index in [1.807, 2.05) is 11.8 Å². The third-order valence-corrected chi connectivity index (χ3v) is 5.07. The van der Waals surface area contributed by atoms with E-state index in [2.05, 4.69) is 35.8 Å². The molecule has 10 heteroatoms. The molecule has 3 N–H and O–H groups in total. The molecule has 10 nitrogen and oxygen atoms in total. The van der Waals surface area contributed by atoms with Gasteiger partial charge in [-0.05, 0) is 25.8 Å². The number of aromatic nitrogens is 2. The Morgan fingerprint density at radius 1 is 1.07 bits per heavy atom. The van der Waals surface area contributed by atoms with Gasteiger partial charge in [-0.15, -0.1) is 0 Å². The summed E-state index contributed by atoms with van der Waals surface area (Å²) in [5, 5.41) is 9.27. The first-order chi connectivity index (χ1) is 14.7. The zero-order valence-electron chi connectivity index (χ0n) is 17.6. The van der Waals surface area contributed by atoms with Crippen LogP contribution < -0.4 is 20.9 Å². The van der Waals surface area contributed by atoms with Gasteiger partial charge >= 0.3 is 0 Å². The van der Waals surface area contributed by atoms with Crippen molar-refractivity contribution in [3.63, 3.8) is 0 Å². The highest BCUT2D eigenvalue weighted by Crippen LogP contribution is 2.28. The number of anilines is 1. The maximum absolute atomic E-state index is 12.5. The van der Waals surface area contributed by atoms with Gasteiger partial charge in [0, 0.05) is 70.5 Å².